The van der Waals surface area contributed by atoms with E-state index in [9.17, 15) is 4.79 Å². The first-order chi connectivity index (χ1) is 7.06. The Morgan fingerprint density at radius 2 is 2.27 bits per heavy atom. The molecule has 0 radical (unpaired) electrons. The first-order valence-corrected chi connectivity index (χ1v) is 5.04. The van der Waals surface area contributed by atoms with Crippen LogP contribution in [0.3, 0.4) is 0 Å². The third kappa shape index (κ3) is 2.79. The summed E-state index contributed by atoms with van der Waals surface area (Å²) >= 11 is 0. The third-order valence-corrected chi connectivity index (χ3v) is 2.40. The van der Waals surface area contributed by atoms with E-state index >= 15 is 0 Å². The fourth-order valence-electron chi connectivity index (χ4n) is 1.27. The first kappa shape index (κ1) is 11.7. The van der Waals surface area contributed by atoms with E-state index in [1.54, 1.807) is 19.4 Å². The summed E-state index contributed by atoms with van der Waals surface area (Å²) in [6.45, 7) is 4.59. The quantitative estimate of drug-likeness (QED) is 0.743. The highest BCUT2D eigenvalue weighted by Gasteiger charge is 2.13. The topological polar surface area (TPSA) is 72.9 Å². The van der Waals surface area contributed by atoms with E-state index < -0.39 is 0 Å². The molecule has 1 aromatic heterocycles. The standard InChI is InChI=1S/C10H18N4O/c1-7(2)8(6-11)13-9-10(15)14(3)5-4-12-9/h4-5,7-8H,6,11H2,1-3H3,(H,12,13). The Morgan fingerprint density at radius 1 is 1.60 bits per heavy atom. The van der Waals surface area contributed by atoms with Gasteiger partial charge in [0, 0.05) is 32.0 Å². The highest BCUT2D eigenvalue weighted by Crippen LogP contribution is 2.05. The Kier molecular flexibility index (Phi) is 3.85. The van der Waals surface area contributed by atoms with Crippen LogP contribution in [0.4, 0.5) is 5.82 Å². The van der Waals surface area contributed by atoms with Gasteiger partial charge in [0.1, 0.15) is 0 Å². The molecule has 1 heterocycles. The van der Waals surface area contributed by atoms with Crippen LogP contribution < -0.4 is 16.6 Å². The lowest BCUT2D eigenvalue weighted by Gasteiger charge is -2.20. The lowest BCUT2D eigenvalue weighted by molar-refractivity contribution is 0.528. The summed E-state index contributed by atoms with van der Waals surface area (Å²) in [7, 11) is 1.70. The van der Waals surface area contributed by atoms with Crippen LogP contribution in [0.25, 0.3) is 0 Å². The highest BCUT2D eigenvalue weighted by atomic mass is 16.1. The van der Waals surface area contributed by atoms with Gasteiger partial charge in [-0.3, -0.25) is 4.79 Å². The van der Waals surface area contributed by atoms with Crippen LogP contribution in [0.2, 0.25) is 0 Å². The predicted molar refractivity (Wildman–Crippen MR) is 60.8 cm³/mol. The zero-order valence-electron chi connectivity index (χ0n) is 9.40. The summed E-state index contributed by atoms with van der Waals surface area (Å²) < 4.78 is 1.49. The zero-order valence-corrected chi connectivity index (χ0v) is 9.40. The van der Waals surface area contributed by atoms with Crippen molar-refractivity contribution in [3.8, 4) is 0 Å². The molecule has 0 aromatic carbocycles. The Hall–Kier alpha value is -1.36. The molecular weight excluding hydrogens is 192 g/mol. The monoisotopic (exact) mass is 210 g/mol. The van der Waals surface area contributed by atoms with Crippen LogP contribution in [-0.4, -0.2) is 22.1 Å². The molecule has 1 rings (SSSR count). The molecule has 0 aliphatic heterocycles. The van der Waals surface area contributed by atoms with Crippen molar-refractivity contribution in [3.05, 3.63) is 22.7 Å². The summed E-state index contributed by atoms with van der Waals surface area (Å²) in [5, 5.41) is 3.07. The summed E-state index contributed by atoms with van der Waals surface area (Å²) in [4.78, 5) is 15.6. The lowest BCUT2D eigenvalue weighted by Crippen LogP contribution is -2.37. The second-order valence-electron chi connectivity index (χ2n) is 3.92. The number of hydrogen-bond donors (Lipinski definition) is 2. The molecule has 0 saturated carbocycles. The van der Waals surface area contributed by atoms with Crippen molar-refractivity contribution in [2.24, 2.45) is 18.7 Å². The van der Waals surface area contributed by atoms with Gasteiger partial charge >= 0.3 is 0 Å². The molecule has 0 amide bonds. The first-order valence-electron chi connectivity index (χ1n) is 5.04. The van der Waals surface area contributed by atoms with E-state index in [0.717, 1.165) is 0 Å². The smallest absolute Gasteiger partial charge is 0.293 e. The van der Waals surface area contributed by atoms with Crippen LogP contribution in [0.5, 0.6) is 0 Å². The van der Waals surface area contributed by atoms with Gasteiger partial charge in [-0.1, -0.05) is 13.8 Å². The van der Waals surface area contributed by atoms with Crippen molar-refractivity contribution in [3.63, 3.8) is 0 Å². The molecule has 1 aromatic rings. The van der Waals surface area contributed by atoms with Crippen LogP contribution >= 0.6 is 0 Å². The van der Waals surface area contributed by atoms with E-state index in [-0.39, 0.29) is 11.6 Å². The van der Waals surface area contributed by atoms with Crippen molar-refractivity contribution >= 4 is 5.82 Å². The number of nitrogens with zero attached hydrogens (tertiary/aromatic N) is 2. The average molecular weight is 210 g/mol. The predicted octanol–water partition coefficient (Wildman–Crippen LogP) is 0.175. The van der Waals surface area contributed by atoms with Crippen LogP contribution in [-0.2, 0) is 7.05 Å². The molecule has 3 N–H and O–H groups in total. The van der Waals surface area contributed by atoms with Crippen molar-refractivity contribution in [1.82, 2.24) is 9.55 Å². The van der Waals surface area contributed by atoms with E-state index in [1.807, 2.05) is 0 Å². The van der Waals surface area contributed by atoms with Crippen molar-refractivity contribution in [1.29, 1.82) is 0 Å². The minimum Gasteiger partial charge on any atom is -0.361 e. The number of rotatable bonds is 4. The van der Waals surface area contributed by atoms with Gasteiger partial charge in [-0.05, 0) is 5.92 Å². The minimum absolute atomic E-state index is 0.0765. The molecule has 5 nitrogen and oxygen atoms in total. The molecule has 5 heteroatoms. The Morgan fingerprint density at radius 3 is 2.80 bits per heavy atom. The van der Waals surface area contributed by atoms with Gasteiger partial charge in [0.15, 0.2) is 5.82 Å². The lowest BCUT2D eigenvalue weighted by atomic mass is 10.1. The third-order valence-electron chi connectivity index (χ3n) is 2.40. The van der Waals surface area contributed by atoms with Crippen LogP contribution in [0.1, 0.15) is 13.8 Å². The molecule has 0 aliphatic carbocycles. The van der Waals surface area contributed by atoms with Crippen molar-refractivity contribution in [2.45, 2.75) is 19.9 Å². The Bertz CT molecular complexity index is 372. The van der Waals surface area contributed by atoms with E-state index in [4.69, 9.17) is 5.73 Å². The minimum atomic E-state index is -0.128. The summed E-state index contributed by atoms with van der Waals surface area (Å²) in [5.74, 6) is 0.728. The van der Waals surface area contributed by atoms with Gasteiger partial charge in [-0.2, -0.15) is 0 Å². The normalized spacial score (nSPS) is 12.9. The second kappa shape index (κ2) is 4.93. The number of aromatic nitrogens is 2. The number of aryl methyl sites for hydroxylation is 1. The summed E-state index contributed by atoms with van der Waals surface area (Å²) in [5.41, 5.74) is 5.48. The largest absolute Gasteiger partial charge is 0.361 e. The van der Waals surface area contributed by atoms with Gasteiger partial charge < -0.3 is 15.6 Å². The number of hydrogen-bond acceptors (Lipinski definition) is 4. The number of nitrogens with two attached hydrogens (primary N) is 1. The van der Waals surface area contributed by atoms with Gasteiger partial charge in [-0.25, -0.2) is 4.98 Å². The van der Waals surface area contributed by atoms with E-state index in [2.05, 4.69) is 24.1 Å². The van der Waals surface area contributed by atoms with E-state index in [1.165, 1.54) is 4.57 Å². The maximum atomic E-state index is 11.6. The fourth-order valence-corrected chi connectivity index (χ4v) is 1.27. The fraction of sp³-hybridized carbons (Fsp3) is 0.600. The average Bonchev–Trinajstić information content (AvgIpc) is 2.19. The molecule has 1 unspecified atom stereocenters. The van der Waals surface area contributed by atoms with Gasteiger partial charge in [0.2, 0.25) is 0 Å². The Balaban J connectivity index is 2.89. The molecule has 1 atom stereocenters. The van der Waals surface area contributed by atoms with Crippen LogP contribution in [0, 0.1) is 5.92 Å². The highest BCUT2D eigenvalue weighted by molar-refractivity contribution is 5.32. The molecule has 84 valence electrons. The molecule has 15 heavy (non-hydrogen) atoms. The van der Waals surface area contributed by atoms with Gasteiger partial charge in [0.25, 0.3) is 5.56 Å². The molecule has 0 aliphatic rings. The van der Waals surface area contributed by atoms with Crippen LogP contribution in [0.15, 0.2) is 17.2 Å². The molecule has 0 fully saturated rings. The number of nitrogens with one attached hydrogen (secondary N) is 1. The maximum absolute atomic E-state index is 11.6. The van der Waals surface area contributed by atoms with Gasteiger partial charge in [-0.15, -0.1) is 0 Å². The van der Waals surface area contributed by atoms with Gasteiger partial charge in [0.05, 0.1) is 0 Å². The summed E-state index contributed by atoms with van der Waals surface area (Å²) in [6.07, 6.45) is 3.22. The number of anilines is 1. The van der Waals surface area contributed by atoms with E-state index in [0.29, 0.717) is 18.3 Å². The molecule has 0 bridgehead atoms. The Labute approximate surface area is 89.3 Å². The zero-order chi connectivity index (χ0) is 11.4. The molecule has 0 spiro atoms. The van der Waals surface area contributed by atoms with Crippen molar-refractivity contribution < 1.29 is 0 Å². The SMILES string of the molecule is CC(C)C(CN)Nc1nccn(C)c1=O. The molecule has 0 saturated heterocycles. The summed E-state index contributed by atoms with van der Waals surface area (Å²) in [6, 6.07) is 0.0765. The maximum Gasteiger partial charge on any atom is 0.293 e. The second-order valence-corrected chi connectivity index (χ2v) is 3.92. The molecular formula is C10H18N4O. The van der Waals surface area contributed by atoms with Crippen molar-refractivity contribution in [2.75, 3.05) is 11.9 Å².